The molecule has 6 rings (SSSR count). The number of fused-ring (bicyclic) bond motifs is 2. The van der Waals surface area contributed by atoms with Gasteiger partial charge in [-0.3, -0.25) is 0 Å². The third-order valence-corrected chi connectivity index (χ3v) is 13.7. The topological polar surface area (TPSA) is 20.2 Å². The van der Waals surface area contributed by atoms with Gasteiger partial charge in [0.1, 0.15) is 0 Å². The number of aliphatic hydroxyl groups excluding tert-OH is 1. The van der Waals surface area contributed by atoms with Crippen molar-refractivity contribution in [1.29, 1.82) is 0 Å². The molecular formula is C33H34OP2. The second-order valence-corrected chi connectivity index (χ2v) is 14.8. The van der Waals surface area contributed by atoms with E-state index >= 15 is 0 Å². The first-order valence-corrected chi connectivity index (χ1v) is 16.3. The van der Waals surface area contributed by atoms with Crippen LogP contribution in [-0.2, 0) is 0 Å². The average Bonchev–Trinajstić information content (AvgIpc) is 3.44. The highest BCUT2D eigenvalue weighted by atomic mass is 31.1. The predicted molar refractivity (Wildman–Crippen MR) is 157 cm³/mol. The third-order valence-electron chi connectivity index (χ3n) is 8.42. The molecule has 2 bridgehead atoms. The van der Waals surface area contributed by atoms with Gasteiger partial charge >= 0.3 is 0 Å². The summed E-state index contributed by atoms with van der Waals surface area (Å²) in [7, 11) is -0.914. The molecule has 0 saturated heterocycles. The summed E-state index contributed by atoms with van der Waals surface area (Å²) in [5.41, 5.74) is 0. The van der Waals surface area contributed by atoms with Crippen molar-refractivity contribution in [1.82, 2.24) is 0 Å². The summed E-state index contributed by atoms with van der Waals surface area (Å²) < 4.78 is 0. The Morgan fingerprint density at radius 3 is 1.03 bits per heavy atom. The van der Waals surface area contributed by atoms with Crippen LogP contribution in [0, 0.1) is 23.7 Å². The van der Waals surface area contributed by atoms with Crippen molar-refractivity contribution in [3.05, 3.63) is 121 Å². The highest BCUT2D eigenvalue weighted by Gasteiger charge is 2.54. The first kappa shape index (κ1) is 24.1. The van der Waals surface area contributed by atoms with E-state index in [0.29, 0.717) is 23.7 Å². The number of hydrogen-bond acceptors (Lipinski definition) is 1. The van der Waals surface area contributed by atoms with Gasteiger partial charge in [-0.1, -0.05) is 121 Å². The molecule has 5 atom stereocenters. The maximum Gasteiger partial charge on any atom is 0.0602 e. The molecule has 1 unspecified atom stereocenters. The molecule has 182 valence electrons. The number of hydrogen-bond donors (Lipinski definition) is 1. The van der Waals surface area contributed by atoms with Crippen LogP contribution in [0.3, 0.4) is 0 Å². The summed E-state index contributed by atoms with van der Waals surface area (Å²) >= 11 is 0. The van der Waals surface area contributed by atoms with Gasteiger partial charge in [0.15, 0.2) is 0 Å². The lowest BCUT2D eigenvalue weighted by Crippen LogP contribution is -2.32. The van der Waals surface area contributed by atoms with Crippen LogP contribution in [0.5, 0.6) is 0 Å². The van der Waals surface area contributed by atoms with E-state index in [-0.39, 0.29) is 6.10 Å². The molecule has 0 spiro atoms. The lowest BCUT2D eigenvalue weighted by molar-refractivity contribution is 0.120. The maximum absolute atomic E-state index is 11.4. The van der Waals surface area contributed by atoms with Crippen molar-refractivity contribution in [2.24, 2.45) is 23.7 Å². The summed E-state index contributed by atoms with van der Waals surface area (Å²) in [4.78, 5) is 0. The summed E-state index contributed by atoms with van der Waals surface area (Å²) in [6.07, 6.45) is 4.60. The molecule has 1 nitrogen and oxygen atoms in total. The SMILES string of the molecule is OC1[C@H]2CC[C@@H]1[C@H](CP(c1ccccc1)c1ccccc1)[C@H]2CP(c1ccccc1)c1ccccc1. The molecule has 2 saturated carbocycles. The molecule has 2 fully saturated rings. The van der Waals surface area contributed by atoms with Crippen LogP contribution in [-0.4, -0.2) is 23.5 Å². The summed E-state index contributed by atoms with van der Waals surface area (Å²) in [5, 5.41) is 17.2. The molecule has 0 radical (unpaired) electrons. The zero-order chi connectivity index (χ0) is 24.3. The Hall–Kier alpha value is -2.30. The standard InChI is InChI=1S/C33H34OP2/c34-33-29-21-22-30(33)32(24-36(27-17-9-3-10-18-27)28-19-11-4-12-20-28)31(29)23-35(25-13-5-1-6-14-25)26-15-7-2-8-16-26/h1-20,29-34H,21-24H2/t29-,30+,31-,32-,33?/m0/s1. The summed E-state index contributed by atoms with van der Waals surface area (Å²) in [6, 6.07) is 44.5. The second-order valence-electron chi connectivity index (χ2n) is 10.3. The minimum Gasteiger partial charge on any atom is -0.393 e. The highest BCUT2D eigenvalue weighted by Crippen LogP contribution is 2.58. The van der Waals surface area contributed by atoms with Crippen molar-refractivity contribution in [3.8, 4) is 0 Å². The summed E-state index contributed by atoms with van der Waals surface area (Å²) in [6.45, 7) is 0. The van der Waals surface area contributed by atoms with Crippen LogP contribution in [0.15, 0.2) is 121 Å². The lowest BCUT2D eigenvalue weighted by atomic mass is 9.81. The molecule has 2 aliphatic rings. The van der Waals surface area contributed by atoms with Crippen molar-refractivity contribution >= 4 is 37.1 Å². The van der Waals surface area contributed by atoms with Gasteiger partial charge < -0.3 is 5.11 Å². The number of rotatable bonds is 8. The Bertz CT molecular complexity index is 1050. The van der Waals surface area contributed by atoms with Gasteiger partial charge in [-0.05, 0) is 85.9 Å². The van der Waals surface area contributed by atoms with E-state index in [9.17, 15) is 5.11 Å². The first-order chi connectivity index (χ1) is 17.8. The van der Waals surface area contributed by atoms with Gasteiger partial charge in [-0.25, -0.2) is 0 Å². The Morgan fingerprint density at radius 2 is 0.750 bits per heavy atom. The van der Waals surface area contributed by atoms with Gasteiger partial charge in [-0.15, -0.1) is 0 Å². The fourth-order valence-electron chi connectivity index (χ4n) is 6.73. The Morgan fingerprint density at radius 1 is 0.472 bits per heavy atom. The largest absolute Gasteiger partial charge is 0.393 e. The number of aliphatic hydroxyl groups is 1. The molecular weight excluding hydrogens is 474 g/mol. The van der Waals surface area contributed by atoms with Crippen molar-refractivity contribution in [2.45, 2.75) is 18.9 Å². The van der Waals surface area contributed by atoms with Crippen molar-refractivity contribution in [3.63, 3.8) is 0 Å². The van der Waals surface area contributed by atoms with E-state index in [1.54, 1.807) is 0 Å². The van der Waals surface area contributed by atoms with Gasteiger partial charge in [0.2, 0.25) is 0 Å². The van der Waals surface area contributed by atoms with Crippen LogP contribution in [0.4, 0.5) is 0 Å². The molecule has 2 aliphatic carbocycles. The molecule has 0 amide bonds. The van der Waals surface area contributed by atoms with E-state index in [4.69, 9.17) is 0 Å². The second kappa shape index (κ2) is 11.0. The quantitative estimate of drug-likeness (QED) is 0.295. The van der Waals surface area contributed by atoms with E-state index in [0.717, 1.165) is 0 Å². The molecule has 0 aliphatic heterocycles. The molecule has 1 N–H and O–H groups in total. The average molecular weight is 509 g/mol. The van der Waals surface area contributed by atoms with Crippen LogP contribution < -0.4 is 21.2 Å². The fraction of sp³-hybridized carbons (Fsp3) is 0.273. The first-order valence-electron chi connectivity index (χ1n) is 13.2. The smallest absolute Gasteiger partial charge is 0.0602 e. The molecule has 4 aromatic rings. The molecule has 0 heterocycles. The Kier molecular flexibility index (Phi) is 7.34. The molecule has 36 heavy (non-hydrogen) atoms. The molecule has 3 heteroatoms. The van der Waals surface area contributed by atoms with E-state index in [1.807, 2.05) is 0 Å². The number of benzene rings is 4. The monoisotopic (exact) mass is 508 g/mol. The van der Waals surface area contributed by atoms with Gasteiger partial charge in [0.05, 0.1) is 6.10 Å². The summed E-state index contributed by atoms with van der Waals surface area (Å²) in [5.74, 6) is 2.03. The van der Waals surface area contributed by atoms with Crippen molar-refractivity contribution < 1.29 is 5.11 Å². The normalized spacial score (nSPS) is 25.0. The van der Waals surface area contributed by atoms with E-state index < -0.39 is 15.8 Å². The minimum atomic E-state index is -0.457. The Labute approximate surface area is 218 Å². The van der Waals surface area contributed by atoms with Gasteiger partial charge in [-0.2, -0.15) is 0 Å². The van der Waals surface area contributed by atoms with Crippen LogP contribution in [0.1, 0.15) is 12.8 Å². The van der Waals surface area contributed by atoms with Gasteiger partial charge in [0, 0.05) is 0 Å². The fourth-order valence-corrected chi connectivity index (χ4v) is 12.2. The maximum atomic E-state index is 11.4. The zero-order valence-electron chi connectivity index (χ0n) is 20.6. The van der Waals surface area contributed by atoms with Crippen molar-refractivity contribution in [2.75, 3.05) is 12.3 Å². The van der Waals surface area contributed by atoms with Crippen LogP contribution in [0.25, 0.3) is 0 Å². The lowest BCUT2D eigenvalue weighted by Gasteiger charge is -2.36. The zero-order valence-corrected chi connectivity index (χ0v) is 22.4. The third kappa shape index (κ3) is 4.82. The van der Waals surface area contributed by atoms with E-state index in [2.05, 4.69) is 121 Å². The Balaban J connectivity index is 1.35. The molecule has 0 aromatic heterocycles. The predicted octanol–water partition coefficient (Wildman–Crippen LogP) is 5.89. The van der Waals surface area contributed by atoms with E-state index in [1.165, 1.54) is 46.4 Å². The van der Waals surface area contributed by atoms with Gasteiger partial charge in [0.25, 0.3) is 0 Å². The molecule has 4 aromatic carbocycles. The minimum absolute atomic E-state index is 0.133. The highest BCUT2D eigenvalue weighted by molar-refractivity contribution is 7.73. The van der Waals surface area contributed by atoms with Crippen LogP contribution in [0.2, 0.25) is 0 Å². The van der Waals surface area contributed by atoms with Crippen LogP contribution >= 0.6 is 15.8 Å².